The van der Waals surface area contributed by atoms with E-state index in [0.29, 0.717) is 12.2 Å². The molecule has 1 fully saturated rings. The third-order valence-corrected chi connectivity index (χ3v) is 3.96. The van der Waals surface area contributed by atoms with Crippen molar-refractivity contribution in [3.63, 3.8) is 0 Å². The second kappa shape index (κ2) is 10.2. The Morgan fingerprint density at radius 2 is 2.04 bits per heavy atom. The summed E-state index contributed by atoms with van der Waals surface area (Å²) in [7, 11) is 0. The standard InChI is InChI=1S/C19H27NO3/c1-2-23-19(21)18-11-7-6-10-17(18)9-5-3-4-8-12-20-13-15-22-16-14-20/h4,6-8,10-11H,2-3,5,9,12-16H2,1H3/b8-4+. The number of esters is 1. The summed E-state index contributed by atoms with van der Waals surface area (Å²) in [5.41, 5.74) is 1.78. The van der Waals surface area contributed by atoms with Gasteiger partial charge in [-0.3, -0.25) is 4.90 Å². The number of benzene rings is 1. The van der Waals surface area contributed by atoms with Gasteiger partial charge in [-0.15, -0.1) is 0 Å². The molecule has 0 amide bonds. The van der Waals surface area contributed by atoms with E-state index in [1.54, 1.807) is 0 Å². The van der Waals surface area contributed by atoms with E-state index < -0.39 is 0 Å². The monoisotopic (exact) mass is 317 g/mol. The van der Waals surface area contributed by atoms with Crippen LogP contribution in [0.2, 0.25) is 0 Å². The first kappa shape index (κ1) is 17.7. The van der Waals surface area contributed by atoms with Crippen molar-refractivity contribution in [2.24, 2.45) is 0 Å². The number of aryl methyl sites for hydroxylation is 1. The summed E-state index contributed by atoms with van der Waals surface area (Å²) >= 11 is 0. The van der Waals surface area contributed by atoms with Crippen molar-refractivity contribution in [2.45, 2.75) is 26.2 Å². The van der Waals surface area contributed by atoms with Crippen LogP contribution in [-0.2, 0) is 15.9 Å². The summed E-state index contributed by atoms with van der Waals surface area (Å²) in [5.74, 6) is -0.217. The lowest BCUT2D eigenvalue weighted by atomic mass is 10.0. The topological polar surface area (TPSA) is 38.8 Å². The van der Waals surface area contributed by atoms with Gasteiger partial charge in [0.15, 0.2) is 0 Å². The van der Waals surface area contributed by atoms with Gasteiger partial charge < -0.3 is 9.47 Å². The van der Waals surface area contributed by atoms with E-state index in [1.165, 1.54) is 0 Å². The van der Waals surface area contributed by atoms with Crippen molar-refractivity contribution < 1.29 is 14.3 Å². The molecule has 1 saturated heterocycles. The van der Waals surface area contributed by atoms with Gasteiger partial charge in [-0.05, 0) is 37.8 Å². The molecule has 0 spiro atoms. The Kier molecular flexibility index (Phi) is 7.84. The molecule has 0 bridgehead atoms. The summed E-state index contributed by atoms with van der Waals surface area (Å²) in [6.07, 6.45) is 7.44. The first-order valence-electron chi connectivity index (χ1n) is 8.51. The van der Waals surface area contributed by atoms with Crippen LogP contribution in [0.4, 0.5) is 0 Å². The molecule has 0 atom stereocenters. The summed E-state index contributed by atoms with van der Waals surface area (Å²) in [4.78, 5) is 14.3. The minimum absolute atomic E-state index is 0.217. The molecule has 4 nitrogen and oxygen atoms in total. The highest BCUT2D eigenvalue weighted by molar-refractivity contribution is 5.91. The lowest BCUT2D eigenvalue weighted by Crippen LogP contribution is -2.36. The van der Waals surface area contributed by atoms with Gasteiger partial charge in [0, 0.05) is 19.6 Å². The number of carbonyl (C=O) groups excluding carboxylic acids is 1. The van der Waals surface area contributed by atoms with E-state index in [1.807, 2.05) is 31.2 Å². The highest BCUT2D eigenvalue weighted by Crippen LogP contribution is 2.13. The predicted octanol–water partition coefficient (Wildman–Crippen LogP) is 3.07. The first-order valence-corrected chi connectivity index (χ1v) is 8.51. The smallest absolute Gasteiger partial charge is 0.338 e. The van der Waals surface area contributed by atoms with E-state index in [4.69, 9.17) is 9.47 Å². The van der Waals surface area contributed by atoms with Gasteiger partial charge in [-0.1, -0.05) is 30.4 Å². The lowest BCUT2D eigenvalue weighted by Gasteiger charge is -2.25. The van der Waals surface area contributed by atoms with Crippen molar-refractivity contribution in [1.29, 1.82) is 0 Å². The van der Waals surface area contributed by atoms with Crippen LogP contribution < -0.4 is 0 Å². The van der Waals surface area contributed by atoms with Gasteiger partial charge >= 0.3 is 5.97 Å². The number of hydrogen-bond acceptors (Lipinski definition) is 4. The molecule has 1 aromatic rings. The fourth-order valence-electron chi connectivity index (χ4n) is 2.68. The van der Waals surface area contributed by atoms with Gasteiger partial charge in [0.05, 0.1) is 25.4 Å². The number of rotatable bonds is 8. The molecular weight excluding hydrogens is 290 g/mol. The van der Waals surface area contributed by atoms with Gasteiger partial charge in [0.25, 0.3) is 0 Å². The summed E-state index contributed by atoms with van der Waals surface area (Å²) < 4.78 is 10.4. The molecule has 1 heterocycles. The minimum atomic E-state index is -0.217. The number of allylic oxidation sites excluding steroid dienone is 1. The van der Waals surface area contributed by atoms with Crippen LogP contribution in [-0.4, -0.2) is 50.3 Å². The number of nitrogens with zero attached hydrogens (tertiary/aromatic N) is 1. The minimum Gasteiger partial charge on any atom is -0.462 e. The molecule has 0 N–H and O–H groups in total. The Bertz CT molecular complexity index is 507. The van der Waals surface area contributed by atoms with Crippen LogP contribution in [0, 0.1) is 0 Å². The summed E-state index contributed by atoms with van der Waals surface area (Å²) in [6, 6.07) is 7.73. The largest absolute Gasteiger partial charge is 0.462 e. The van der Waals surface area contributed by atoms with Crippen LogP contribution in [0.3, 0.4) is 0 Å². The van der Waals surface area contributed by atoms with Crippen LogP contribution in [0.1, 0.15) is 35.7 Å². The maximum absolute atomic E-state index is 11.9. The van der Waals surface area contributed by atoms with Crippen molar-refractivity contribution in [3.8, 4) is 0 Å². The Morgan fingerprint density at radius 1 is 1.26 bits per heavy atom. The second-order valence-electron chi connectivity index (χ2n) is 5.65. The molecule has 1 aliphatic rings. The van der Waals surface area contributed by atoms with Crippen LogP contribution in [0.15, 0.2) is 36.4 Å². The Labute approximate surface area is 139 Å². The second-order valence-corrected chi connectivity index (χ2v) is 5.65. The predicted molar refractivity (Wildman–Crippen MR) is 91.7 cm³/mol. The first-order chi connectivity index (χ1) is 11.3. The number of hydrogen-bond donors (Lipinski definition) is 0. The van der Waals surface area contributed by atoms with Crippen molar-refractivity contribution in [2.75, 3.05) is 39.5 Å². The van der Waals surface area contributed by atoms with Crippen molar-refractivity contribution >= 4 is 5.97 Å². The van der Waals surface area contributed by atoms with Crippen molar-refractivity contribution in [3.05, 3.63) is 47.5 Å². The molecule has 1 aliphatic heterocycles. The molecule has 0 unspecified atom stereocenters. The number of unbranched alkanes of at least 4 members (excludes halogenated alkanes) is 1. The maximum atomic E-state index is 11.9. The van der Waals surface area contributed by atoms with E-state index >= 15 is 0 Å². The van der Waals surface area contributed by atoms with Crippen LogP contribution in [0.25, 0.3) is 0 Å². The zero-order chi connectivity index (χ0) is 16.3. The molecule has 0 aliphatic carbocycles. The molecule has 0 aromatic heterocycles. The number of morpholine rings is 1. The Hall–Kier alpha value is -1.65. The molecular formula is C19H27NO3. The summed E-state index contributed by atoms with van der Waals surface area (Å²) in [6.45, 7) is 6.99. The zero-order valence-electron chi connectivity index (χ0n) is 14.0. The van der Waals surface area contributed by atoms with Crippen LogP contribution in [0.5, 0.6) is 0 Å². The zero-order valence-corrected chi connectivity index (χ0v) is 14.0. The molecule has 126 valence electrons. The molecule has 2 rings (SSSR count). The lowest BCUT2D eigenvalue weighted by molar-refractivity contribution is 0.0434. The van der Waals surface area contributed by atoms with Gasteiger partial charge in [0.1, 0.15) is 0 Å². The molecule has 0 saturated carbocycles. The Balaban J connectivity index is 1.72. The molecule has 0 radical (unpaired) electrons. The normalized spacial score (nSPS) is 15.9. The third kappa shape index (κ3) is 6.16. The fourth-order valence-corrected chi connectivity index (χ4v) is 2.68. The van der Waals surface area contributed by atoms with E-state index in [-0.39, 0.29) is 5.97 Å². The SMILES string of the molecule is CCOC(=O)c1ccccc1CCC/C=C/CN1CCOCC1. The average Bonchev–Trinajstić information content (AvgIpc) is 2.59. The fraction of sp³-hybridized carbons (Fsp3) is 0.526. The molecule has 4 heteroatoms. The highest BCUT2D eigenvalue weighted by atomic mass is 16.5. The summed E-state index contributed by atoms with van der Waals surface area (Å²) in [5, 5.41) is 0. The average molecular weight is 317 g/mol. The molecule has 1 aromatic carbocycles. The van der Waals surface area contributed by atoms with Gasteiger partial charge in [0.2, 0.25) is 0 Å². The number of carbonyl (C=O) groups is 1. The van der Waals surface area contributed by atoms with Crippen LogP contribution >= 0.6 is 0 Å². The van der Waals surface area contributed by atoms with Crippen molar-refractivity contribution in [1.82, 2.24) is 4.90 Å². The van der Waals surface area contributed by atoms with E-state index in [9.17, 15) is 4.79 Å². The van der Waals surface area contributed by atoms with Gasteiger partial charge in [-0.2, -0.15) is 0 Å². The number of ether oxygens (including phenoxy) is 2. The highest BCUT2D eigenvalue weighted by Gasteiger charge is 2.11. The quantitative estimate of drug-likeness (QED) is 0.420. The maximum Gasteiger partial charge on any atom is 0.338 e. The van der Waals surface area contributed by atoms with Gasteiger partial charge in [-0.25, -0.2) is 4.79 Å². The van der Waals surface area contributed by atoms with E-state index in [0.717, 1.165) is 57.7 Å². The third-order valence-electron chi connectivity index (χ3n) is 3.96. The molecule has 23 heavy (non-hydrogen) atoms. The Morgan fingerprint density at radius 3 is 2.83 bits per heavy atom. The van der Waals surface area contributed by atoms with E-state index in [2.05, 4.69) is 17.1 Å².